The summed E-state index contributed by atoms with van der Waals surface area (Å²) in [7, 11) is 0. The van der Waals surface area contributed by atoms with Crippen LogP contribution < -0.4 is 5.32 Å². The molecule has 2 rings (SSSR count). The van der Waals surface area contributed by atoms with Gasteiger partial charge in [0.05, 0.1) is 11.2 Å². The Bertz CT molecular complexity index is 726. The van der Waals surface area contributed by atoms with E-state index in [9.17, 15) is 4.79 Å². The van der Waals surface area contributed by atoms with Crippen LogP contribution >= 0.6 is 0 Å². The molecule has 2 aromatic rings. The summed E-state index contributed by atoms with van der Waals surface area (Å²) in [5.41, 5.74) is 2.92. The van der Waals surface area contributed by atoms with Gasteiger partial charge in [0.1, 0.15) is 0 Å². The van der Waals surface area contributed by atoms with E-state index in [1.54, 1.807) is 6.20 Å². The Labute approximate surface area is 144 Å². The molecular weight excluding hydrogens is 296 g/mol. The van der Waals surface area contributed by atoms with Gasteiger partial charge in [0.15, 0.2) is 0 Å². The van der Waals surface area contributed by atoms with E-state index in [2.05, 4.69) is 35.5 Å². The molecule has 0 aliphatic carbocycles. The van der Waals surface area contributed by atoms with Crippen LogP contribution in [0.2, 0.25) is 0 Å². The number of rotatable bonds is 8. The maximum atomic E-state index is 12.3. The Hall–Kier alpha value is -2.42. The molecular formula is C21H26N2O. The van der Waals surface area contributed by atoms with E-state index in [1.807, 2.05) is 37.3 Å². The van der Waals surface area contributed by atoms with Crippen molar-refractivity contribution in [3.05, 3.63) is 60.3 Å². The number of carbonyl (C=O) groups is 1. The van der Waals surface area contributed by atoms with Crippen LogP contribution in [0.4, 0.5) is 5.69 Å². The molecule has 1 amide bonds. The Morgan fingerprint density at radius 1 is 1.17 bits per heavy atom. The lowest BCUT2D eigenvalue weighted by atomic mass is 10.1. The molecule has 0 fully saturated rings. The number of hydrogen-bond donors (Lipinski definition) is 1. The summed E-state index contributed by atoms with van der Waals surface area (Å²) in [6.07, 6.45) is 12.8. The zero-order valence-corrected chi connectivity index (χ0v) is 14.6. The van der Waals surface area contributed by atoms with Crippen LogP contribution in [0.15, 0.2) is 60.3 Å². The number of amides is 1. The summed E-state index contributed by atoms with van der Waals surface area (Å²) in [5, 5.41) is 4.03. The lowest BCUT2D eigenvalue weighted by molar-refractivity contribution is -0.116. The van der Waals surface area contributed by atoms with Gasteiger partial charge in [-0.05, 0) is 38.3 Å². The first-order valence-electron chi connectivity index (χ1n) is 8.67. The second kappa shape index (κ2) is 9.66. The number of aromatic nitrogens is 1. The molecule has 1 heterocycles. The summed E-state index contributed by atoms with van der Waals surface area (Å²) in [6, 6.07) is 9.74. The highest BCUT2D eigenvalue weighted by molar-refractivity contribution is 6.00. The maximum absolute atomic E-state index is 12.3. The van der Waals surface area contributed by atoms with Crippen LogP contribution in [0.3, 0.4) is 0 Å². The van der Waals surface area contributed by atoms with Crippen LogP contribution in [0.25, 0.3) is 10.9 Å². The molecule has 24 heavy (non-hydrogen) atoms. The molecule has 1 aromatic heterocycles. The molecule has 1 N–H and O–H groups in total. The highest BCUT2D eigenvalue weighted by Crippen LogP contribution is 2.21. The fraction of sp³-hybridized carbons (Fsp3) is 0.333. The van der Waals surface area contributed by atoms with Gasteiger partial charge in [0, 0.05) is 18.0 Å². The average Bonchev–Trinajstić information content (AvgIpc) is 2.61. The van der Waals surface area contributed by atoms with Gasteiger partial charge in [-0.25, -0.2) is 0 Å². The number of carbonyl (C=O) groups excluding carboxylic acids is 1. The van der Waals surface area contributed by atoms with Crippen LogP contribution in [-0.2, 0) is 4.79 Å². The number of unbranched alkanes of at least 4 members (excludes halogenated alkanes) is 1. The SMILES string of the molecule is CC=C(C/C=C/CCC)CCC(=O)Nc1cccc2cccnc12. The van der Waals surface area contributed by atoms with E-state index >= 15 is 0 Å². The Kier molecular flexibility index (Phi) is 7.21. The highest BCUT2D eigenvalue weighted by Gasteiger charge is 2.07. The second-order valence-corrected chi connectivity index (χ2v) is 5.84. The number of hydrogen-bond acceptors (Lipinski definition) is 2. The topological polar surface area (TPSA) is 42.0 Å². The molecule has 0 aliphatic heterocycles. The molecule has 0 aliphatic rings. The first-order valence-corrected chi connectivity index (χ1v) is 8.67. The maximum Gasteiger partial charge on any atom is 0.224 e. The minimum Gasteiger partial charge on any atom is -0.324 e. The lowest BCUT2D eigenvalue weighted by Crippen LogP contribution is -2.12. The monoisotopic (exact) mass is 322 g/mol. The number of allylic oxidation sites excluding steroid dienone is 4. The van der Waals surface area contributed by atoms with Crippen LogP contribution in [0.5, 0.6) is 0 Å². The van der Waals surface area contributed by atoms with Crippen molar-refractivity contribution in [1.29, 1.82) is 0 Å². The van der Waals surface area contributed by atoms with Crippen molar-refractivity contribution in [3.63, 3.8) is 0 Å². The number of fused-ring (bicyclic) bond motifs is 1. The fourth-order valence-electron chi connectivity index (χ4n) is 2.58. The molecule has 0 saturated carbocycles. The molecule has 0 unspecified atom stereocenters. The van der Waals surface area contributed by atoms with Crippen molar-refractivity contribution >= 4 is 22.5 Å². The first kappa shape index (κ1) is 17.9. The van der Waals surface area contributed by atoms with Gasteiger partial charge in [0.25, 0.3) is 0 Å². The van der Waals surface area contributed by atoms with Gasteiger partial charge in [-0.1, -0.05) is 55.3 Å². The molecule has 3 nitrogen and oxygen atoms in total. The third kappa shape index (κ3) is 5.34. The zero-order valence-electron chi connectivity index (χ0n) is 14.6. The number of nitrogens with zero attached hydrogens (tertiary/aromatic N) is 1. The molecule has 126 valence electrons. The Morgan fingerprint density at radius 3 is 2.79 bits per heavy atom. The van der Waals surface area contributed by atoms with Crippen LogP contribution in [0, 0.1) is 0 Å². The predicted octanol–water partition coefficient (Wildman–Crippen LogP) is 5.65. The Morgan fingerprint density at radius 2 is 2.00 bits per heavy atom. The van der Waals surface area contributed by atoms with Crippen molar-refractivity contribution < 1.29 is 4.79 Å². The number of anilines is 1. The normalized spacial score (nSPS) is 12.0. The van der Waals surface area contributed by atoms with Gasteiger partial charge in [0.2, 0.25) is 5.91 Å². The molecule has 0 atom stereocenters. The molecule has 0 bridgehead atoms. The van der Waals surface area contributed by atoms with E-state index in [0.29, 0.717) is 6.42 Å². The minimum atomic E-state index is 0.0324. The third-order valence-electron chi connectivity index (χ3n) is 3.99. The first-order chi connectivity index (χ1) is 11.7. The van der Waals surface area contributed by atoms with Crippen LogP contribution in [0.1, 0.15) is 46.0 Å². The molecule has 3 heteroatoms. The quantitative estimate of drug-likeness (QED) is 0.638. The summed E-state index contributed by atoms with van der Waals surface area (Å²) < 4.78 is 0. The molecule has 0 radical (unpaired) electrons. The van der Waals surface area contributed by atoms with Crippen molar-refractivity contribution in [2.24, 2.45) is 0 Å². The smallest absolute Gasteiger partial charge is 0.224 e. The number of benzene rings is 1. The van der Waals surface area contributed by atoms with E-state index in [1.165, 1.54) is 12.0 Å². The number of para-hydroxylation sites is 1. The average molecular weight is 322 g/mol. The third-order valence-corrected chi connectivity index (χ3v) is 3.99. The van der Waals surface area contributed by atoms with Gasteiger partial charge < -0.3 is 5.32 Å². The standard InChI is InChI=1S/C21H26N2O/c1-3-5-6-7-10-17(4-2)14-15-20(24)23-19-13-8-11-18-12-9-16-22-21(18)19/h4,6-9,11-13,16H,3,5,10,14-15H2,1-2H3,(H,23,24)/b7-6+,17-4?. The van der Waals surface area contributed by atoms with Crippen LogP contribution in [-0.4, -0.2) is 10.9 Å². The molecule has 1 aromatic carbocycles. The number of pyridine rings is 1. The van der Waals surface area contributed by atoms with Gasteiger partial charge >= 0.3 is 0 Å². The van der Waals surface area contributed by atoms with Crippen molar-refractivity contribution in [1.82, 2.24) is 4.98 Å². The summed E-state index contributed by atoms with van der Waals surface area (Å²) in [5.74, 6) is 0.0324. The largest absolute Gasteiger partial charge is 0.324 e. The lowest BCUT2D eigenvalue weighted by Gasteiger charge is -2.09. The van der Waals surface area contributed by atoms with E-state index < -0.39 is 0 Å². The summed E-state index contributed by atoms with van der Waals surface area (Å²) in [4.78, 5) is 16.6. The van der Waals surface area contributed by atoms with Gasteiger partial charge in [-0.3, -0.25) is 9.78 Å². The minimum absolute atomic E-state index is 0.0324. The van der Waals surface area contributed by atoms with Crippen molar-refractivity contribution in [2.45, 2.75) is 46.0 Å². The van der Waals surface area contributed by atoms with E-state index in [4.69, 9.17) is 0 Å². The molecule has 0 saturated heterocycles. The predicted molar refractivity (Wildman–Crippen MR) is 102 cm³/mol. The fourth-order valence-corrected chi connectivity index (χ4v) is 2.58. The highest BCUT2D eigenvalue weighted by atomic mass is 16.1. The van der Waals surface area contributed by atoms with Gasteiger partial charge in [-0.15, -0.1) is 0 Å². The van der Waals surface area contributed by atoms with Crippen molar-refractivity contribution in [2.75, 3.05) is 5.32 Å². The summed E-state index contributed by atoms with van der Waals surface area (Å²) >= 11 is 0. The number of nitrogens with one attached hydrogen (secondary N) is 1. The van der Waals surface area contributed by atoms with E-state index in [0.717, 1.165) is 35.9 Å². The summed E-state index contributed by atoms with van der Waals surface area (Å²) in [6.45, 7) is 4.21. The zero-order chi connectivity index (χ0) is 17.2. The van der Waals surface area contributed by atoms with Gasteiger partial charge in [-0.2, -0.15) is 0 Å². The Balaban J connectivity index is 1.90. The van der Waals surface area contributed by atoms with E-state index in [-0.39, 0.29) is 5.91 Å². The van der Waals surface area contributed by atoms with Crippen molar-refractivity contribution in [3.8, 4) is 0 Å². The molecule has 0 spiro atoms. The second-order valence-electron chi connectivity index (χ2n) is 5.84.